The van der Waals surface area contributed by atoms with Crippen molar-refractivity contribution in [1.29, 1.82) is 0 Å². The molecule has 0 aromatic heterocycles. The van der Waals surface area contributed by atoms with E-state index in [0.717, 1.165) is 11.1 Å². The minimum absolute atomic E-state index is 0.142. The van der Waals surface area contributed by atoms with Crippen molar-refractivity contribution in [3.8, 4) is 0 Å². The Labute approximate surface area is 192 Å². The highest BCUT2D eigenvalue weighted by Crippen LogP contribution is 2.45. The molecule has 2 heterocycles. The fourth-order valence-electron chi connectivity index (χ4n) is 3.98. The van der Waals surface area contributed by atoms with Gasteiger partial charge in [0, 0.05) is 0 Å². The van der Waals surface area contributed by atoms with Gasteiger partial charge in [-0.15, -0.1) is 23.5 Å². The van der Waals surface area contributed by atoms with E-state index in [4.69, 9.17) is 0 Å². The van der Waals surface area contributed by atoms with Gasteiger partial charge in [-0.25, -0.2) is 8.78 Å². The van der Waals surface area contributed by atoms with E-state index in [1.807, 2.05) is 24.3 Å². The number of carbonyl (C=O) groups is 2. The van der Waals surface area contributed by atoms with Gasteiger partial charge in [-0.1, -0.05) is 48.5 Å². The summed E-state index contributed by atoms with van der Waals surface area (Å²) >= 11 is 2.89. The molecule has 0 spiro atoms. The number of carbonyl (C=O) groups excluding carboxylic acids is 2. The first-order valence-electron chi connectivity index (χ1n) is 10.0. The molecule has 3 aromatic carbocycles. The van der Waals surface area contributed by atoms with Crippen LogP contribution < -0.4 is 9.80 Å². The van der Waals surface area contributed by atoms with Crippen molar-refractivity contribution in [3.63, 3.8) is 0 Å². The van der Waals surface area contributed by atoms with E-state index in [1.54, 1.807) is 36.4 Å². The molecule has 3 aromatic rings. The summed E-state index contributed by atoms with van der Waals surface area (Å²) in [4.78, 5) is 28.0. The van der Waals surface area contributed by atoms with Crippen molar-refractivity contribution < 1.29 is 18.4 Å². The number of halogens is 2. The first-order chi connectivity index (χ1) is 15.5. The highest BCUT2D eigenvalue weighted by Gasteiger charge is 2.37. The summed E-state index contributed by atoms with van der Waals surface area (Å²) < 4.78 is 28.7. The summed E-state index contributed by atoms with van der Waals surface area (Å²) in [6.45, 7) is 0. The van der Waals surface area contributed by atoms with Crippen LogP contribution in [0.3, 0.4) is 0 Å². The zero-order valence-electron chi connectivity index (χ0n) is 16.8. The van der Waals surface area contributed by atoms with E-state index >= 15 is 0 Å². The summed E-state index contributed by atoms with van der Waals surface area (Å²) in [5, 5.41) is -0.678. The Morgan fingerprint density at radius 3 is 1.38 bits per heavy atom. The van der Waals surface area contributed by atoms with Crippen LogP contribution in [0.5, 0.6) is 0 Å². The average Bonchev–Trinajstić information content (AvgIpc) is 3.37. The van der Waals surface area contributed by atoms with E-state index in [-0.39, 0.29) is 45.4 Å². The smallest absolute Gasteiger partial charge is 0.238 e. The zero-order valence-corrected chi connectivity index (χ0v) is 18.4. The number of benzene rings is 3. The van der Waals surface area contributed by atoms with Gasteiger partial charge in [0.05, 0.1) is 22.9 Å². The molecule has 5 rings (SSSR count). The molecular formula is C24H18F2N2O2S2. The minimum atomic E-state index is -0.439. The van der Waals surface area contributed by atoms with E-state index in [9.17, 15) is 18.4 Å². The first-order valence-corrected chi connectivity index (χ1v) is 12.1. The summed E-state index contributed by atoms with van der Waals surface area (Å²) in [5.74, 6) is -0.615. The van der Waals surface area contributed by atoms with Gasteiger partial charge in [0.25, 0.3) is 0 Å². The molecule has 32 heavy (non-hydrogen) atoms. The average molecular weight is 469 g/mol. The predicted molar refractivity (Wildman–Crippen MR) is 125 cm³/mol. The number of amides is 2. The van der Waals surface area contributed by atoms with Crippen molar-refractivity contribution in [1.82, 2.24) is 0 Å². The van der Waals surface area contributed by atoms with Gasteiger partial charge in [-0.05, 0) is 35.4 Å². The zero-order chi connectivity index (χ0) is 22.2. The quantitative estimate of drug-likeness (QED) is 0.506. The molecule has 2 saturated heterocycles. The van der Waals surface area contributed by atoms with E-state index in [1.165, 1.54) is 45.5 Å². The molecule has 4 nitrogen and oxygen atoms in total. The molecule has 2 fully saturated rings. The summed E-state index contributed by atoms with van der Waals surface area (Å²) in [5.41, 5.74) is 2.25. The summed E-state index contributed by atoms with van der Waals surface area (Å²) in [6.07, 6.45) is 0. The Morgan fingerprint density at radius 1 is 0.625 bits per heavy atom. The number of nitrogens with zero attached hydrogens (tertiary/aromatic N) is 2. The maximum Gasteiger partial charge on any atom is 0.238 e. The van der Waals surface area contributed by atoms with Crippen LogP contribution in [0.4, 0.5) is 20.2 Å². The highest BCUT2D eigenvalue weighted by atomic mass is 32.2. The predicted octanol–water partition coefficient (Wildman–Crippen LogP) is 5.52. The molecule has 0 aliphatic carbocycles. The van der Waals surface area contributed by atoms with Gasteiger partial charge < -0.3 is 0 Å². The second-order valence-corrected chi connectivity index (χ2v) is 9.56. The Balaban J connectivity index is 1.44. The molecule has 162 valence electrons. The standard InChI is InChI=1S/C24H18F2N2O2S2/c25-17-5-1-3-7-19(17)27-21(29)13-31-23(27)15-9-11-16(12-10-15)24-28(22(30)14-32-24)20-8-4-2-6-18(20)26/h1-12,23-24H,13-14H2/t23-,24+. The lowest BCUT2D eigenvalue weighted by Gasteiger charge is -2.26. The van der Waals surface area contributed by atoms with Crippen LogP contribution in [-0.4, -0.2) is 23.3 Å². The molecule has 2 aliphatic heterocycles. The normalized spacial score (nSPS) is 20.9. The maximum absolute atomic E-state index is 14.4. The molecule has 2 amide bonds. The number of hydrogen-bond donors (Lipinski definition) is 0. The van der Waals surface area contributed by atoms with Crippen LogP contribution in [0.1, 0.15) is 21.9 Å². The minimum Gasteiger partial charge on any atom is -0.292 e. The third kappa shape index (κ3) is 3.67. The van der Waals surface area contributed by atoms with Gasteiger partial charge in [-0.2, -0.15) is 0 Å². The summed E-state index contributed by atoms with van der Waals surface area (Å²) in [6, 6.07) is 20.1. The van der Waals surface area contributed by atoms with E-state index < -0.39 is 11.6 Å². The lowest BCUT2D eigenvalue weighted by atomic mass is 10.1. The largest absolute Gasteiger partial charge is 0.292 e. The Bertz CT molecular complexity index is 1100. The van der Waals surface area contributed by atoms with Crippen LogP contribution in [0, 0.1) is 11.6 Å². The monoisotopic (exact) mass is 468 g/mol. The lowest BCUT2D eigenvalue weighted by Crippen LogP contribution is -2.29. The van der Waals surface area contributed by atoms with Gasteiger partial charge in [0.15, 0.2) is 0 Å². The highest BCUT2D eigenvalue weighted by molar-refractivity contribution is 8.01. The fraction of sp³-hybridized carbons (Fsp3) is 0.167. The van der Waals surface area contributed by atoms with Crippen molar-refractivity contribution in [2.75, 3.05) is 21.3 Å². The van der Waals surface area contributed by atoms with Crippen LogP contribution >= 0.6 is 23.5 Å². The topological polar surface area (TPSA) is 40.6 Å². The molecule has 0 saturated carbocycles. The summed E-state index contributed by atoms with van der Waals surface area (Å²) in [7, 11) is 0. The Kier molecular flexibility index (Phi) is 5.65. The van der Waals surface area contributed by atoms with Crippen LogP contribution in [0.15, 0.2) is 72.8 Å². The molecule has 0 radical (unpaired) electrons. The molecule has 0 unspecified atom stereocenters. The molecule has 0 bridgehead atoms. The van der Waals surface area contributed by atoms with Gasteiger partial charge in [0.1, 0.15) is 22.4 Å². The molecular weight excluding hydrogens is 450 g/mol. The second-order valence-electron chi connectivity index (χ2n) is 7.42. The molecule has 2 aliphatic rings. The third-order valence-corrected chi connectivity index (χ3v) is 7.89. The van der Waals surface area contributed by atoms with Crippen molar-refractivity contribution in [2.45, 2.75) is 10.7 Å². The third-order valence-electron chi connectivity index (χ3n) is 5.47. The van der Waals surface area contributed by atoms with Crippen LogP contribution in [0.2, 0.25) is 0 Å². The Hall–Kier alpha value is -2.84. The van der Waals surface area contributed by atoms with Crippen molar-refractivity contribution in [2.24, 2.45) is 0 Å². The number of thioether (sulfide) groups is 2. The molecule has 8 heteroatoms. The maximum atomic E-state index is 14.4. The fourth-order valence-corrected chi connectivity index (χ4v) is 6.32. The molecule has 0 N–H and O–H groups in total. The van der Waals surface area contributed by atoms with Crippen molar-refractivity contribution in [3.05, 3.63) is 95.6 Å². The van der Waals surface area contributed by atoms with Crippen molar-refractivity contribution >= 4 is 46.7 Å². The number of para-hydroxylation sites is 2. The lowest BCUT2D eigenvalue weighted by molar-refractivity contribution is -0.116. The van der Waals surface area contributed by atoms with E-state index in [0.29, 0.717) is 0 Å². The SMILES string of the molecule is O=C1CS[C@H](c2ccc([C@@H]3SCC(=O)N3c3ccccc3F)cc2)N1c1ccccc1F. The molecule has 2 atom stereocenters. The van der Waals surface area contributed by atoms with Gasteiger partial charge in [0.2, 0.25) is 11.8 Å². The second kappa shape index (κ2) is 8.60. The Morgan fingerprint density at radius 2 is 1.00 bits per heavy atom. The van der Waals surface area contributed by atoms with Crippen LogP contribution in [0.25, 0.3) is 0 Å². The van der Waals surface area contributed by atoms with Crippen LogP contribution in [-0.2, 0) is 9.59 Å². The van der Waals surface area contributed by atoms with Gasteiger partial charge >= 0.3 is 0 Å². The van der Waals surface area contributed by atoms with Gasteiger partial charge in [-0.3, -0.25) is 19.4 Å². The number of rotatable bonds is 4. The number of anilines is 2. The van der Waals surface area contributed by atoms with E-state index in [2.05, 4.69) is 0 Å². The number of hydrogen-bond acceptors (Lipinski definition) is 4. The first kappa shape index (κ1) is 21.0.